The Bertz CT molecular complexity index is 1600. The molecule has 45 heavy (non-hydrogen) atoms. The maximum absolute atomic E-state index is 12.6. The summed E-state index contributed by atoms with van der Waals surface area (Å²) >= 11 is 1.33. The number of allylic oxidation sites excluding steroid dienone is 1. The lowest BCUT2D eigenvalue weighted by atomic mass is 9.91. The summed E-state index contributed by atoms with van der Waals surface area (Å²) in [7, 11) is 0. The van der Waals surface area contributed by atoms with Crippen molar-refractivity contribution in [3.63, 3.8) is 0 Å². The Labute approximate surface area is 266 Å². The Balaban J connectivity index is 1.54. The van der Waals surface area contributed by atoms with Crippen molar-refractivity contribution in [3.8, 4) is 0 Å². The zero-order valence-corrected chi connectivity index (χ0v) is 26.8. The summed E-state index contributed by atoms with van der Waals surface area (Å²) in [5.74, 6) is -1.26. The fraction of sp³-hybridized carbons (Fsp3) is 0.455. The smallest absolute Gasteiger partial charge is 0.306 e. The van der Waals surface area contributed by atoms with Gasteiger partial charge >= 0.3 is 11.9 Å². The van der Waals surface area contributed by atoms with E-state index in [0.717, 1.165) is 39.4 Å². The maximum atomic E-state index is 12.6. The summed E-state index contributed by atoms with van der Waals surface area (Å²) in [6.07, 6.45) is 4.11. The van der Waals surface area contributed by atoms with Gasteiger partial charge in [-0.3, -0.25) is 19.2 Å². The quantitative estimate of drug-likeness (QED) is 0.103. The van der Waals surface area contributed by atoms with E-state index in [-0.39, 0.29) is 48.6 Å². The van der Waals surface area contributed by atoms with E-state index in [1.807, 2.05) is 33.8 Å². The number of rotatable bonds is 12. The van der Waals surface area contributed by atoms with Crippen LogP contribution in [0.15, 0.2) is 46.3 Å². The summed E-state index contributed by atoms with van der Waals surface area (Å²) in [4.78, 5) is 51.6. The molecule has 1 aromatic rings. The predicted octanol–water partition coefficient (Wildman–Crippen LogP) is 2.12. The van der Waals surface area contributed by atoms with E-state index in [9.17, 15) is 34.5 Å². The van der Waals surface area contributed by atoms with Gasteiger partial charge in [-0.25, -0.2) is 0 Å². The lowest BCUT2D eigenvalue weighted by molar-refractivity contribution is -0.139. The highest BCUT2D eigenvalue weighted by molar-refractivity contribution is 7.86. The Hall–Kier alpha value is -4.03. The number of hydrogen-bond donors (Lipinski definition) is 7. The minimum atomic E-state index is -1.29. The fourth-order valence-electron chi connectivity index (χ4n) is 6.81. The van der Waals surface area contributed by atoms with Crippen molar-refractivity contribution in [2.24, 2.45) is 11.8 Å². The normalized spacial score (nSPS) is 28.5. The number of nitrogens with one attached hydrogen (secondary N) is 4. The van der Waals surface area contributed by atoms with Crippen LogP contribution in [0.5, 0.6) is 0 Å². The molecular formula is C33H41N4O7S+. The number of thiol groups is 1. The summed E-state index contributed by atoms with van der Waals surface area (Å²) in [6.45, 7) is 11.3. The largest absolute Gasteiger partial charge is 0.481 e. The summed E-state index contributed by atoms with van der Waals surface area (Å²) in [5.41, 5.74) is 7.00. The van der Waals surface area contributed by atoms with Gasteiger partial charge < -0.3 is 36.3 Å². The number of H-pyrrole nitrogens is 1. The van der Waals surface area contributed by atoms with Crippen LogP contribution in [0.1, 0.15) is 62.5 Å². The van der Waals surface area contributed by atoms with Gasteiger partial charge in [-0.05, 0) is 79.8 Å². The zero-order valence-electron chi connectivity index (χ0n) is 25.9. The minimum Gasteiger partial charge on any atom is -0.481 e. The average Bonchev–Trinajstić information content (AvgIpc) is 3.52. The second kappa shape index (κ2) is 12.8. The molecule has 5 heterocycles. The van der Waals surface area contributed by atoms with E-state index in [2.05, 4.69) is 27.5 Å². The zero-order chi connectivity index (χ0) is 32.7. The molecule has 0 bridgehead atoms. The number of carbonyl (C=O) groups is 4. The van der Waals surface area contributed by atoms with Gasteiger partial charge in [-0.2, -0.15) is 0 Å². The molecule has 6 atom stereocenters. The molecule has 7 N–H and O–H groups in total. The van der Waals surface area contributed by atoms with Gasteiger partial charge in [0.1, 0.15) is 0 Å². The Morgan fingerprint density at radius 3 is 2.33 bits per heavy atom. The fourth-order valence-corrected chi connectivity index (χ4v) is 7.80. The molecule has 0 aliphatic carbocycles. The third kappa shape index (κ3) is 6.53. The van der Waals surface area contributed by atoms with Crippen molar-refractivity contribution in [2.45, 2.75) is 76.8 Å². The lowest BCUT2D eigenvalue weighted by Crippen LogP contribution is -2.36. The highest BCUT2D eigenvalue weighted by Gasteiger charge is 2.52. The molecule has 2 saturated heterocycles. The van der Waals surface area contributed by atoms with Crippen molar-refractivity contribution in [2.75, 3.05) is 5.75 Å². The van der Waals surface area contributed by atoms with Crippen molar-refractivity contribution < 1.29 is 34.5 Å². The first kappa shape index (κ1) is 32.4. The number of aromatic amines is 1. The third-order valence-corrected chi connectivity index (χ3v) is 10.6. The molecule has 1 unspecified atom stereocenters. The van der Waals surface area contributed by atoms with Crippen molar-refractivity contribution >= 4 is 47.7 Å². The Morgan fingerprint density at radius 1 is 1.04 bits per heavy atom. The van der Waals surface area contributed by atoms with Crippen LogP contribution in [-0.2, 0) is 37.4 Å². The van der Waals surface area contributed by atoms with Gasteiger partial charge in [0.05, 0.1) is 30.5 Å². The number of amides is 2. The third-order valence-electron chi connectivity index (χ3n) is 9.46. The lowest BCUT2D eigenvalue weighted by Gasteiger charge is -2.20. The first-order valence-corrected chi connectivity index (χ1v) is 16.3. The second-order valence-corrected chi connectivity index (χ2v) is 13.7. The SMILES string of the molecule is C=CC1=C(C)[C@@H](CC2N/C(=C\c3[nH]c(/C=C4\NC(=O)[C@H](C)[C@H]4[C@H]4C[SH+]4)c(C)c3CCC(=O)O)C([C@@H](O)CC(=O)O)=C2C)NC1=O. The molecule has 0 spiro atoms. The van der Waals surface area contributed by atoms with Gasteiger partial charge in [0.15, 0.2) is 11.0 Å². The van der Waals surface area contributed by atoms with Crippen LogP contribution in [0.3, 0.4) is 0 Å². The topological polar surface area (TPSA) is 181 Å². The molecular weight excluding hydrogens is 596 g/mol. The van der Waals surface area contributed by atoms with Crippen LogP contribution in [0.4, 0.5) is 0 Å². The molecule has 2 amide bonds. The molecule has 4 aliphatic rings. The van der Waals surface area contributed by atoms with Crippen LogP contribution in [-0.4, -0.2) is 73.2 Å². The van der Waals surface area contributed by atoms with E-state index in [1.165, 1.54) is 17.8 Å². The highest BCUT2D eigenvalue weighted by Crippen LogP contribution is 2.39. The summed E-state index contributed by atoms with van der Waals surface area (Å²) < 4.78 is 0. The maximum Gasteiger partial charge on any atom is 0.306 e. The standard InChI is InChI=1S/C33H40N4O7S/c1-6-18-14(2)21(36-33(18)44)9-22-16(4)30(26(38)12-29(41)42)24(35-22)11-23-19(7-8-28(39)40)15(3)20(34-23)10-25-31(27-13-45-27)17(5)32(43)37-25/h6,10-11,17,21-22,26-27,31,34-35,38H,1,7-9,12-13H2,2-5H3,(H,36,44)(H,37,43)(H,39,40)(H,41,42)/p+1/b24-11-,25-10-/t17-,21-,22?,26+,27-,31-/m1/s1. The molecule has 0 aromatic carbocycles. The Kier molecular flexibility index (Phi) is 9.18. The van der Waals surface area contributed by atoms with Crippen molar-refractivity contribution in [3.05, 3.63) is 68.9 Å². The van der Waals surface area contributed by atoms with Gasteiger partial charge in [-0.15, -0.1) is 0 Å². The second-order valence-electron chi connectivity index (χ2n) is 12.3. The first-order valence-electron chi connectivity index (χ1n) is 15.2. The van der Waals surface area contributed by atoms with E-state index < -0.39 is 24.5 Å². The predicted molar refractivity (Wildman–Crippen MR) is 173 cm³/mol. The molecule has 5 rings (SSSR count). The van der Waals surface area contributed by atoms with Crippen molar-refractivity contribution in [1.82, 2.24) is 20.9 Å². The molecule has 2 fully saturated rings. The molecule has 12 heteroatoms. The average molecular weight is 638 g/mol. The Morgan fingerprint density at radius 2 is 1.73 bits per heavy atom. The number of aromatic nitrogens is 1. The molecule has 11 nitrogen and oxygen atoms in total. The summed E-state index contributed by atoms with van der Waals surface area (Å²) in [5, 5.41) is 39.9. The minimum absolute atomic E-state index is 0.00591. The number of carboxylic acid groups (broad SMARTS) is 2. The molecule has 0 radical (unpaired) electrons. The van der Waals surface area contributed by atoms with Crippen LogP contribution in [0.2, 0.25) is 0 Å². The molecule has 4 aliphatic heterocycles. The van der Waals surface area contributed by atoms with E-state index in [4.69, 9.17) is 0 Å². The first-order chi connectivity index (χ1) is 21.3. The molecule has 0 saturated carbocycles. The van der Waals surface area contributed by atoms with Crippen LogP contribution < -0.4 is 16.0 Å². The van der Waals surface area contributed by atoms with Crippen LogP contribution >= 0.6 is 0 Å². The number of carboxylic acids is 2. The number of aliphatic carboxylic acids is 2. The van der Waals surface area contributed by atoms with E-state index in [0.29, 0.717) is 34.2 Å². The van der Waals surface area contributed by atoms with Gasteiger partial charge in [0.25, 0.3) is 5.91 Å². The van der Waals surface area contributed by atoms with Crippen molar-refractivity contribution in [1.29, 1.82) is 0 Å². The number of aliphatic hydroxyl groups is 1. The molecule has 240 valence electrons. The monoisotopic (exact) mass is 637 g/mol. The summed E-state index contributed by atoms with van der Waals surface area (Å²) in [6, 6.07) is -0.581. The number of aliphatic hydroxyl groups excluding tert-OH is 1. The van der Waals surface area contributed by atoms with E-state index in [1.54, 1.807) is 6.08 Å². The van der Waals surface area contributed by atoms with Gasteiger partial charge in [0, 0.05) is 46.3 Å². The number of carbonyl (C=O) groups excluding carboxylic acids is 2. The van der Waals surface area contributed by atoms with Crippen LogP contribution in [0.25, 0.3) is 12.2 Å². The van der Waals surface area contributed by atoms with Gasteiger partial charge in [-0.1, -0.05) is 19.6 Å². The van der Waals surface area contributed by atoms with Gasteiger partial charge in [0.2, 0.25) is 5.91 Å². The number of hydrogen-bond acceptors (Lipinski definition) is 6. The molecule has 1 aromatic heterocycles. The van der Waals surface area contributed by atoms with Crippen LogP contribution in [0, 0.1) is 18.8 Å². The van der Waals surface area contributed by atoms with E-state index >= 15 is 0 Å². The highest BCUT2D eigenvalue weighted by atomic mass is 32.2.